The number of hydrogen-bond donors (Lipinski definition) is 3. The van der Waals surface area contributed by atoms with Gasteiger partial charge in [0.1, 0.15) is 5.75 Å². The van der Waals surface area contributed by atoms with Crippen LogP contribution in [0.4, 0.5) is 0 Å². The number of rotatable bonds is 3. The number of carboxylic acids is 1. The Morgan fingerprint density at radius 2 is 2.00 bits per heavy atom. The maximum Gasteiger partial charge on any atom is 0.332 e. The monoisotopic (exact) mass is 182 g/mol. The molecular weight excluding hydrogens is 172 g/mol. The van der Waals surface area contributed by atoms with E-state index in [4.69, 9.17) is 10.2 Å². The van der Waals surface area contributed by atoms with Gasteiger partial charge in [0.15, 0.2) is 6.10 Å². The van der Waals surface area contributed by atoms with Crippen LogP contribution < -0.4 is 0 Å². The number of phenolic OH excluding ortho intramolecular Hbond substituents is 1. The summed E-state index contributed by atoms with van der Waals surface area (Å²) < 4.78 is 0. The van der Waals surface area contributed by atoms with E-state index in [1.165, 1.54) is 6.07 Å². The molecule has 0 aliphatic carbocycles. The second-order valence-corrected chi connectivity index (χ2v) is 2.69. The van der Waals surface area contributed by atoms with Crippen LogP contribution in [0.5, 0.6) is 5.75 Å². The standard InChI is InChI=1S/C9H10O4/c10-7-4-2-1-3-6(7)5-8(11)9(12)13/h1-4,8,10-11H,5H2,(H,12,13)/t8-/m0/s1. The van der Waals surface area contributed by atoms with Crippen LogP contribution in [-0.4, -0.2) is 27.4 Å². The molecule has 1 aromatic carbocycles. The molecule has 0 bridgehead atoms. The number of hydrogen-bond acceptors (Lipinski definition) is 3. The van der Waals surface area contributed by atoms with E-state index in [2.05, 4.69) is 0 Å². The lowest BCUT2D eigenvalue weighted by molar-refractivity contribution is -0.146. The third kappa shape index (κ3) is 2.45. The Kier molecular flexibility index (Phi) is 2.87. The molecule has 70 valence electrons. The topological polar surface area (TPSA) is 77.8 Å². The molecule has 1 atom stereocenters. The second kappa shape index (κ2) is 3.91. The first-order valence-electron chi connectivity index (χ1n) is 3.79. The van der Waals surface area contributed by atoms with Gasteiger partial charge in [-0.1, -0.05) is 18.2 Å². The summed E-state index contributed by atoms with van der Waals surface area (Å²) in [4.78, 5) is 10.3. The molecule has 0 fully saturated rings. The molecule has 0 radical (unpaired) electrons. The predicted molar refractivity (Wildman–Crippen MR) is 45.5 cm³/mol. The van der Waals surface area contributed by atoms with Crippen molar-refractivity contribution in [2.75, 3.05) is 0 Å². The molecular formula is C9H10O4. The van der Waals surface area contributed by atoms with E-state index < -0.39 is 12.1 Å². The van der Waals surface area contributed by atoms with Crippen molar-refractivity contribution in [1.29, 1.82) is 0 Å². The van der Waals surface area contributed by atoms with Crippen LogP contribution in [0.3, 0.4) is 0 Å². The minimum atomic E-state index is -1.46. The van der Waals surface area contributed by atoms with Gasteiger partial charge in [-0.05, 0) is 11.6 Å². The van der Waals surface area contributed by atoms with Gasteiger partial charge >= 0.3 is 5.97 Å². The molecule has 0 saturated heterocycles. The predicted octanol–water partition coefficient (Wildman–Crippen LogP) is 0.380. The third-order valence-corrected chi connectivity index (χ3v) is 1.69. The minimum Gasteiger partial charge on any atom is -0.508 e. The van der Waals surface area contributed by atoms with Crippen LogP contribution in [0.1, 0.15) is 5.56 Å². The summed E-state index contributed by atoms with van der Waals surface area (Å²) in [6, 6.07) is 6.32. The normalized spacial score (nSPS) is 12.4. The average molecular weight is 182 g/mol. The van der Waals surface area contributed by atoms with E-state index in [1.807, 2.05) is 0 Å². The second-order valence-electron chi connectivity index (χ2n) is 2.69. The zero-order valence-corrected chi connectivity index (χ0v) is 6.84. The van der Waals surface area contributed by atoms with Crippen LogP contribution in [0.25, 0.3) is 0 Å². The Hall–Kier alpha value is -1.55. The summed E-state index contributed by atoms with van der Waals surface area (Å²) in [5.41, 5.74) is 0.428. The maximum absolute atomic E-state index is 10.3. The molecule has 0 saturated carbocycles. The van der Waals surface area contributed by atoms with Gasteiger partial charge in [0.2, 0.25) is 0 Å². The fraction of sp³-hybridized carbons (Fsp3) is 0.222. The summed E-state index contributed by atoms with van der Waals surface area (Å²) in [5, 5.41) is 26.6. The zero-order chi connectivity index (χ0) is 9.84. The van der Waals surface area contributed by atoms with Crippen molar-refractivity contribution in [2.24, 2.45) is 0 Å². The van der Waals surface area contributed by atoms with E-state index >= 15 is 0 Å². The zero-order valence-electron chi connectivity index (χ0n) is 6.84. The lowest BCUT2D eigenvalue weighted by Crippen LogP contribution is -2.21. The van der Waals surface area contributed by atoms with Crippen molar-refractivity contribution in [1.82, 2.24) is 0 Å². The van der Waals surface area contributed by atoms with Crippen LogP contribution in [0, 0.1) is 0 Å². The summed E-state index contributed by atoms with van der Waals surface area (Å²) in [7, 11) is 0. The Balaban J connectivity index is 2.74. The van der Waals surface area contributed by atoms with Crippen LogP contribution in [0.15, 0.2) is 24.3 Å². The van der Waals surface area contributed by atoms with Gasteiger partial charge in [-0.2, -0.15) is 0 Å². The number of aliphatic hydroxyl groups is 1. The molecule has 0 aliphatic rings. The highest BCUT2D eigenvalue weighted by Crippen LogP contribution is 2.17. The van der Waals surface area contributed by atoms with E-state index in [1.54, 1.807) is 18.2 Å². The van der Waals surface area contributed by atoms with Gasteiger partial charge in [0, 0.05) is 6.42 Å². The number of carbonyl (C=O) groups is 1. The van der Waals surface area contributed by atoms with Crippen molar-refractivity contribution in [3.8, 4) is 5.75 Å². The van der Waals surface area contributed by atoms with Gasteiger partial charge in [0.05, 0.1) is 0 Å². The quantitative estimate of drug-likeness (QED) is 0.631. The molecule has 0 heterocycles. The van der Waals surface area contributed by atoms with Crippen molar-refractivity contribution < 1.29 is 20.1 Å². The largest absolute Gasteiger partial charge is 0.508 e. The Morgan fingerprint density at radius 3 is 2.54 bits per heavy atom. The molecule has 4 heteroatoms. The fourth-order valence-corrected chi connectivity index (χ4v) is 0.979. The Labute approximate surface area is 75.1 Å². The Bertz CT molecular complexity index is 308. The number of carboxylic acid groups (broad SMARTS) is 1. The molecule has 0 aromatic heterocycles. The van der Waals surface area contributed by atoms with Gasteiger partial charge < -0.3 is 15.3 Å². The van der Waals surface area contributed by atoms with E-state index in [0.29, 0.717) is 5.56 Å². The van der Waals surface area contributed by atoms with Crippen molar-refractivity contribution in [2.45, 2.75) is 12.5 Å². The number of aromatic hydroxyl groups is 1. The van der Waals surface area contributed by atoms with Crippen molar-refractivity contribution in [3.63, 3.8) is 0 Å². The number of para-hydroxylation sites is 1. The van der Waals surface area contributed by atoms with E-state index in [9.17, 15) is 9.90 Å². The van der Waals surface area contributed by atoms with Gasteiger partial charge in [-0.15, -0.1) is 0 Å². The molecule has 1 aromatic rings. The minimum absolute atomic E-state index is 0.00259. The molecule has 13 heavy (non-hydrogen) atoms. The third-order valence-electron chi connectivity index (χ3n) is 1.69. The van der Waals surface area contributed by atoms with Crippen LogP contribution >= 0.6 is 0 Å². The summed E-state index contributed by atoms with van der Waals surface area (Å²) in [6.45, 7) is 0. The number of aliphatic carboxylic acids is 1. The average Bonchev–Trinajstić information content (AvgIpc) is 2.08. The van der Waals surface area contributed by atoms with Gasteiger partial charge in [-0.3, -0.25) is 0 Å². The molecule has 0 aliphatic heterocycles. The maximum atomic E-state index is 10.3. The highest BCUT2D eigenvalue weighted by Gasteiger charge is 2.15. The number of aliphatic hydroxyl groups excluding tert-OH is 1. The lowest BCUT2D eigenvalue weighted by Gasteiger charge is -2.06. The molecule has 0 spiro atoms. The molecule has 4 nitrogen and oxygen atoms in total. The molecule has 1 rings (SSSR count). The number of benzene rings is 1. The SMILES string of the molecule is O=C(O)[C@@H](O)Cc1ccccc1O. The van der Waals surface area contributed by atoms with E-state index in [-0.39, 0.29) is 12.2 Å². The highest BCUT2D eigenvalue weighted by molar-refractivity contribution is 5.72. The van der Waals surface area contributed by atoms with Gasteiger partial charge in [0.25, 0.3) is 0 Å². The van der Waals surface area contributed by atoms with Crippen LogP contribution in [0.2, 0.25) is 0 Å². The molecule has 0 unspecified atom stereocenters. The first-order chi connectivity index (χ1) is 6.11. The fourth-order valence-electron chi connectivity index (χ4n) is 0.979. The lowest BCUT2D eigenvalue weighted by atomic mass is 10.1. The summed E-state index contributed by atoms with van der Waals surface area (Å²) >= 11 is 0. The highest BCUT2D eigenvalue weighted by atomic mass is 16.4. The number of phenols is 1. The first kappa shape index (κ1) is 9.54. The van der Waals surface area contributed by atoms with Crippen LogP contribution in [-0.2, 0) is 11.2 Å². The summed E-state index contributed by atoms with van der Waals surface area (Å²) in [6.07, 6.45) is -1.55. The smallest absolute Gasteiger partial charge is 0.332 e. The van der Waals surface area contributed by atoms with Crippen molar-refractivity contribution in [3.05, 3.63) is 29.8 Å². The molecule has 3 N–H and O–H groups in total. The molecule has 0 amide bonds. The summed E-state index contributed by atoms with van der Waals surface area (Å²) in [5.74, 6) is -1.29. The Morgan fingerprint density at radius 1 is 1.38 bits per heavy atom. The van der Waals surface area contributed by atoms with Gasteiger partial charge in [-0.25, -0.2) is 4.79 Å². The van der Waals surface area contributed by atoms with E-state index in [0.717, 1.165) is 0 Å². The van der Waals surface area contributed by atoms with Crippen molar-refractivity contribution >= 4 is 5.97 Å². The first-order valence-corrected chi connectivity index (χ1v) is 3.79.